The number of anilines is 1. The van der Waals surface area contributed by atoms with Gasteiger partial charge in [0.2, 0.25) is 5.91 Å². The van der Waals surface area contributed by atoms with Crippen molar-refractivity contribution in [2.24, 2.45) is 4.99 Å². The van der Waals surface area contributed by atoms with E-state index in [-0.39, 0.29) is 29.9 Å². The molecule has 2 aliphatic rings. The van der Waals surface area contributed by atoms with E-state index < -0.39 is 0 Å². The van der Waals surface area contributed by atoms with Crippen molar-refractivity contribution >= 4 is 41.5 Å². The van der Waals surface area contributed by atoms with Gasteiger partial charge in [-0.25, -0.2) is 4.99 Å². The molecule has 0 radical (unpaired) electrons. The van der Waals surface area contributed by atoms with Crippen molar-refractivity contribution in [2.45, 2.75) is 39.4 Å². The van der Waals surface area contributed by atoms with Gasteiger partial charge in [-0.05, 0) is 42.2 Å². The number of nitrogens with one attached hydrogen (secondary N) is 2. The van der Waals surface area contributed by atoms with E-state index in [1.807, 2.05) is 17.0 Å². The second-order valence-corrected chi connectivity index (χ2v) is 8.57. The number of ether oxygens (including phenoxy) is 1. The summed E-state index contributed by atoms with van der Waals surface area (Å²) >= 11 is 0. The second-order valence-electron chi connectivity index (χ2n) is 8.57. The Morgan fingerprint density at radius 1 is 0.941 bits per heavy atom. The Morgan fingerprint density at radius 2 is 1.62 bits per heavy atom. The number of carbonyl (C=O) groups is 1. The summed E-state index contributed by atoms with van der Waals surface area (Å²) in [7, 11) is 0. The molecule has 0 saturated carbocycles. The smallest absolute Gasteiger partial charge is 0.227 e. The number of halogens is 1. The number of hydrogen-bond donors (Lipinski definition) is 2. The lowest BCUT2D eigenvalue weighted by molar-refractivity contribution is -0.117. The monoisotopic (exact) mass is 577 g/mol. The summed E-state index contributed by atoms with van der Waals surface area (Å²) in [6, 6.07) is 16.9. The molecule has 2 aromatic carbocycles. The van der Waals surface area contributed by atoms with Gasteiger partial charge in [0.1, 0.15) is 0 Å². The molecule has 2 aliphatic heterocycles. The fourth-order valence-corrected chi connectivity index (χ4v) is 4.18. The molecular formula is C26H36IN5O2. The van der Waals surface area contributed by atoms with Crippen LogP contribution in [0.3, 0.4) is 0 Å². The first-order valence-corrected chi connectivity index (χ1v) is 12.0. The Labute approximate surface area is 220 Å². The van der Waals surface area contributed by atoms with E-state index in [4.69, 9.17) is 9.73 Å². The van der Waals surface area contributed by atoms with Crippen molar-refractivity contribution in [1.29, 1.82) is 0 Å². The summed E-state index contributed by atoms with van der Waals surface area (Å²) in [5.74, 6) is 1.02. The van der Waals surface area contributed by atoms with Gasteiger partial charge in [0, 0.05) is 51.4 Å². The Kier molecular flexibility index (Phi) is 10.6. The van der Waals surface area contributed by atoms with Gasteiger partial charge in [-0.2, -0.15) is 0 Å². The minimum absolute atomic E-state index is 0. The molecule has 0 atom stereocenters. The molecule has 34 heavy (non-hydrogen) atoms. The van der Waals surface area contributed by atoms with Gasteiger partial charge in [0.05, 0.1) is 19.8 Å². The molecule has 0 bridgehead atoms. The van der Waals surface area contributed by atoms with Gasteiger partial charge in [-0.15, -0.1) is 24.0 Å². The van der Waals surface area contributed by atoms with E-state index in [1.165, 1.54) is 11.1 Å². The molecule has 0 aromatic heterocycles. The van der Waals surface area contributed by atoms with Crippen LogP contribution in [0.2, 0.25) is 0 Å². The lowest BCUT2D eigenvalue weighted by Crippen LogP contribution is -2.36. The zero-order chi connectivity index (χ0) is 22.9. The van der Waals surface area contributed by atoms with Gasteiger partial charge in [0.25, 0.3) is 0 Å². The molecule has 2 aromatic rings. The van der Waals surface area contributed by atoms with Crippen LogP contribution in [0.25, 0.3) is 0 Å². The number of amides is 1. The molecule has 1 amide bonds. The quantitative estimate of drug-likeness (QED) is 0.286. The second kappa shape index (κ2) is 13.7. The molecule has 8 heteroatoms. The minimum Gasteiger partial charge on any atom is -0.379 e. The Balaban J connectivity index is 0.00000324. The number of nitrogens with zero attached hydrogens (tertiary/aromatic N) is 3. The van der Waals surface area contributed by atoms with Crippen molar-refractivity contribution in [2.75, 3.05) is 44.3 Å². The molecule has 0 aliphatic carbocycles. The SMILES string of the molecule is CCNC(=NCc1ccc(N2CCCC2=O)cc1)NCc1ccc(CN2CCOCC2)cc1.I. The van der Waals surface area contributed by atoms with Crippen molar-refractivity contribution < 1.29 is 9.53 Å². The highest BCUT2D eigenvalue weighted by molar-refractivity contribution is 14.0. The summed E-state index contributed by atoms with van der Waals surface area (Å²) in [6.07, 6.45) is 1.60. The number of hydrogen-bond acceptors (Lipinski definition) is 4. The van der Waals surface area contributed by atoms with Crippen LogP contribution < -0.4 is 15.5 Å². The predicted octanol–water partition coefficient (Wildman–Crippen LogP) is 3.52. The average molecular weight is 578 g/mol. The summed E-state index contributed by atoms with van der Waals surface area (Å²) in [5.41, 5.74) is 4.66. The number of benzene rings is 2. The number of aliphatic imine (C=N–C) groups is 1. The maximum Gasteiger partial charge on any atom is 0.227 e. The number of morpholine rings is 1. The van der Waals surface area contributed by atoms with Crippen LogP contribution in [-0.4, -0.2) is 56.2 Å². The Bertz CT molecular complexity index is 927. The molecule has 2 saturated heterocycles. The molecule has 2 fully saturated rings. The summed E-state index contributed by atoms with van der Waals surface area (Å²) in [4.78, 5) is 21.0. The summed E-state index contributed by atoms with van der Waals surface area (Å²) < 4.78 is 5.43. The fourth-order valence-electron chi connectivity index (χ4n) is 4.18. The first-order valence-electron chi connectivity index (χ1n) is 12.0. The van der Waals surface area contributed by atoms with Crippen LogP contribution in [0.5, 0.6) is 0 Å². The summed E-state index contributed by atoms with van der Waals surface area (Å²) in [6.45, 7) is 9.65. The first kappa shape index (κ1) is 26.4. The molecule has 184 valence electrons. The molecule has 0 spiro atoms. The maximum atomic E-state index is 11.9. The highest BCUT2D eigenvalue weighted by Gasteiger charge is 2.21. The van der Waals surface area contributed by atoms with E-state index >= 15 is 0 Å². The van der Waals surface area contributed by atoms with Crippen LogP contribution in [0.1, 0.15) is 36.5 Å². The highest BCUT2D eigenvalue weighted by atomic mass is 127. The van der Waals surface area contributed by atoms with Crippen LogP contribution in [-0.2, 0) is 29.2 Å². The van der Waals surface area contributed by atoms with Crippen LogP contribution >= 0.6 is 24.0 Å². The van der Waals surface area contributed by atoms with Crippen molar-refractivity contribution in [3.8, 4) is 0 Å². The van der Waals surface area contributed by atoms with Crippen LogP contribution in [0, 0.1) is 0 Å². The third kappa shape index (κ3) is 7.68. The molecule has 7 nitrogen and oxygen atoms in total. The van der Waals surface area contributed by atoms with Crippen LogP contribution in [0.15, 0.2) is 53.5 Å². The van der Waals surface area contributed by atoms with Crippen LogP contribution in [0.4, 0.5) is 5.69 Å². The molecule has 4 rings (SSSR count). The molecular weight excluding hydrogens is 541 g/mol. The molecule has 2 N–H and O–H groups in total. The van der Waals surface area contributed by atoms with E-state index in [1.54, 1.807) is 0 Å². The van der Waals surface area contributed by atoms with Crippen molar-refractivity contribution in [3.63, 3.8) is 0 Å². The number of guanidine groups is 1. The standard InChI is InChI=1S/C26H35N5O2.HI/c1-2-27-26(29-19-22-9-11-24(12-10-22)31-13-3-4-25(31)32)28-18-21-5-7-23(8-6-21)20-30-14-16-33-17-15-30;/h5-12H,2-4,13-20H2,1H3,(H2,27,28,29);1H. The zero-order valence-electron chi connectivity index (χ0n) is 20.0. The van der Waals surface area contributed by atoms with Gasteiger partial charge in [-0.3, -0.25) is 9.69 Å². The van der Waals surface area contributed by atoms with E-state index in [9.17, 15) is 4.79 Å². The van der Waals surface area contributed by atoms with E-state index in [2.05, 4.69) is 58.9 Å². The Morgan fingerprint density at radius 3 is 2.26 bits per heavy atom. The first-order chi connectivity index (χ1) is 16.2. The van der Waals surface area contributed by atoms with E-state index in [0.717, 1.165) is 76.1 Å². The predicted molar refractivity (Wildman–Crippen MR) is 148 cm³/mol. The van der Waals surface area contributed by atoms with Crippen molar-refractivity contribution in [3.05, 3.63) is 65.2 Å². The lowest BCUT2D eigenvalue weighted by atomic mass is 10.1. The van der Waals surface area contributed by atoms with Gasteiger partial charge < -0.3 is 20.3 Å². The van der Waals surface area contributed by atoms with E-state index in [0.29, 0.717) is 13.0 Å². The molecule has 0 unspecified atom stereocenters. The third-order valence-corrected chi connectivity index (χ3v) is 6.08. The van der Waals surface area contributed by atoms with Gasteiger partial charge in [0.15, 0.2) is 5.96 Å². The Hall–Kier alpha value is -2.17. The average Bonchev–Trinajstić information content (AvgIpc) is 3.28. The number of rotatable bonds is 8. The normalized spacial score (nSPS) is 16.9. The summed E-state index contributed by atoms with van der Waals surface area (Å²) in [5, 5.41) is 6.75. The number of carbonyl (C=O) groups excluding carboxylic acids is 1. The maximum absolute atomic E-state index is 11.9. The third-order valence-electron chi connectivity index (χ3n) is 6.08. The minimum atomic E-state index is 0. The topological polar surface area (TPSA) is 69.2 Å². The fraction of sp³-hybridized carbons (Fsp3) is 0.462. The highest BCUT2D eigenvalue weighted by Crippen LogP contribution is 2.21. The lowest BCUT2D eigenvalue weighted by Gasteiger charge is -2.26. The largest absolute Gasteiger partial charge is 0.379 e. The van der Waals surface area contributed by atoms with Gasteiger partial charge in [-0.1, -0.05) is 36.4 Å². The zero-order valence-corrected chi connectivity index (χ0v) is 22.3. The van der Waals surface area contributed by atoms with Crippen molar-refractivity contribution in [1.82, 2.24) is 15.5 Å². The molecule has 2 heterocycles. The van der Waals surface area contributed by atoms with Gasteiger partial charge >= 0.3 is 0 Å².